The van der Waals surface area contributed by atoms with E-state index in [1.807, 2.05) is 6.07 Å². The summed E-state index contributed by atoms with van der Waals surface area (Å²) in [7, 11) is 0. The second-order valence-corrected chi connectivity index (χ2v) is 3.62. The van der Waals surface area contributed by atoms with E-state index in [0.29, 0.717) is 16.5 Å². The van der Waals surface area contributed by atoms with Gasteiger partial charge in [-0.05, 0) is 18.1 Å². The highest BCUT2D eigenvalue weighted by Crippen LogP contribution is 2.29. The molecule has 0 spiro atoms. The zero-order chi connectivity index (χ0) is 10.6. The Balaban J connectivity index is 3.04. The minimum absolute atomic E-state index is 0.00891. The molecule has 0 aromatic heterocycles. The normalized spacial score (nSPS) is 10.2. The first-order chi connectivity index (χ1) is 6.66. The summed E-state index contributed by atoms with van der Waals surface area (Å²) in [6, 6.07) is 6.61. The predicted octanol–water partition coefficient (Wildman–Crippen LogP) is 3.84. The lowest BCUT2D eigenvalue weighted by Crippen LogP contribution is -1.95. The van der Waals surface area contributed by atoms with Crippen LogP contribution in [0.4, 0.5) is 8.78 Å². The molecule has 0 atom stereocenters. The maximum atomic E-state index is 12.5. The van der Waals surface area contributed by atoms with Crippen LogP contribution in [0.2, 0.25) is 0 Å². The number of halogens is 3. The molecule has 0 saturated carbocycles. The van der Waals surface area contributed by atoms with Gasteiger partial charge in [-0.2, -0.15) is 5.26 Å². The van der Waals surface area contributed by atoms with Crippen molar-refractivity contribution in [3.8, 4) is 6.07 Å². The maximum Gasteiger partial charge on any atom is 0.264 e. The van der Waals surface area contributed by atoms with Crippen LogP contribution in [-0.2, 0) is 6.42 Å². The van der Waals surface area contributed by atoms with Gasteiger partial charge in [0.25, 0.3) is 6.43 Å². The first-order valence-corrected chi connectivity index (χ1v) is 4.88. The smallest absolute Gasteiger partial charge is 0.205 e. The molecule has 0 N–H and O–H groups in total. The summed E-state index contributed by atoms with van der Waals surface area (Å²) in [5, 5.41) is 8.40. The van der Waals surface area contributed by atoms with Crippen molar-refractivity contribution in [2.45, 2.75) is 19.3 Å². The highest BCUT2D eigenvalue weighted by atomic mass is 79.9. The molecule has 1 aromatic carbocycles. The van der Waals surface area contributed by atoms with Gasteiger partial charge in [-0.3, -0.25) is 0 Å². The van der Waals surface area contributed by atoms with Gasteiger partial charge < -0.3 is 0 Å². The summed E-state index contributed by atoms with van der Waals surface area (Å²) in [6.45, 7) is 0. The SMILES string of the molecule is N#CCCc1c(Br)cccc1C(F)F. The molecule has 14 heavy (non-hydrogen) atoms. The van der Waals surface area contributed by atoms with E-state index in [1.165, 1.54) is 6.07 Å². The van der Waals surface area contributed by atoms with Gasteiger partial charge in [-0.15, -0.1) is 0 Å². The largest absolute Gasteiger partial charge is 0.264 e. The minimum atomic E-state index is -2.49. The second kappa shape index (κ2) is 5.06. The first-order valence-electron chi connectivity index (χ1n) is 4.09. The molecule has 0 aliphatic carbocycles. The van der Waals surface area contributed by atoms with E-state index >= 15 is 0 Å². The monoisotopic (exact) mass is 259 g/mol. The van der Waals surface area contributed by atoms with Crippen molar-refractivity contribution >= 4 is 15.9 Å². The summed E-state index contributed by atoms with van der Waals surface area (Å²) < 4.78 is 25.7. The molecule has 1 aromatic rings. The number of nitriles is 1. The van der Waals surface area contributed by atoms with Crippen LogP contribution >= 0.6 is 15.9 Å². The number of benzene rings is 1. The first kappa shape index (κ1) is 11.1. The average Bonchev–Trinajstić information content (AvgIpc) is 2.15. The van der Waals surface area contributed by atoms with E-state index in [9.17, 15) is 8.78 Å². The van der Waals surface area contributed by atoms with Gasteiger partial charge in [-0.1, -0.05) is 28.1 Å². The molecule has 0 radical (unpaired) electrons. The molecule has 4 heteroatoms. The zero-order valence-electron chi connectivity index (χ0n) is 7.30. The fourth-order valence-electron chi connectivity index (χ4n) is 1.22. The molecule has 74 valence electrons. The van der Waals surface area contributed by atoms with Crippen molar-refractivity contribution in [2.75, 3.05) is 0 Å². The molecule has 1 rings (SSSR count). The van der Waals surface area contributed by atoms with Gasteiger partial charge in [0.05, 0.1) is 6.07 Å². The molecule has 0 aliphatic heterocycles. The molecule has 0 heterocycles. The fraction of sp³-hybridized carbons (Fsp3) is 0.300. The second-order valence-electron chi connectivity index (χ2n) is 2.77. The third-order valence-corrected chi connectivity index (χ3v) is 2.62. The van der Waals surface area contributed by atoms with Gasteiger partial charge >= 0.3 is 0 Å². The van der Waals surface area contributed by atoms with Crippen LogP contribution in [0.25, 0.3) is 0 Å². The van der Waals surface area contributed by atoms with E-state index in [4.69, 9.17) is 5.26 Å². The van der Waals surface area contributed by atoms with Gasteiger partial charge in [-0.25, -0.2) is 8.78 Å². The molecule has 0 amide bonds. The van der Waals surface area contributed by atoms with Crippen LogP contribution in [0.1, 0.15) is 24.0 Å². The van der Waals surface area contributed by atoms with Crippen LogP contribution in [0.3, 0.4) is 0 Å². The predicted molar refractivity (Wildman–Crippen MR) is 53.0 cm³/mol. The molecular formula is C10H8BrF2N. The summed E-state index contributed by atoms with van der Waals surface area (Å²) in [5.41, 5.74) is 0.540. The van der Waals surface area contributed by atoms with Crippen LogP contribution in [0.15, 0.2) is 22.7 Å². The number of hydrogen-bond acceptors (Lipinski definition) is 1. The summed E-state index contributed by atoms with van der Waals surface area (Å²) >= 11 is 3.20. The van der Waals surface area contributed by atoms with Crippen LogP contribution in [0, 0.1) is 11.3 Å². The minimum Gasteiger partial charge on any atom is -0.205 e. The Morgan fingerprint density at radius 1 is 1.43 bits per heavy atom. The lowest BCUT2D eigenvalue weighted by atomic mass is 10.0. The maximum absolute atomic E-state index is 12.5. The van der Waals surface area contributed by atoms with E-state index in [-0.39, 0.29) is 12.0 Å². The molecule has 0 aliphatic rings. The summed E-state index contributed by atoms with van der Waals surface area (Å²) in [6.07, 6.45) is -1.87. The molecule has 0 fully saturated rings. The van der Waals surface area contributed by atoms with Crippen molar-refractivity contribution in [3.05, 3.63) is 33.8 Å². The Bertz CT molecular complexity index is 358. The molecule has 0 saturated heterocycles. The topological polar surface area (TPSA) is 23.8 Å². The molecule has 1 nitrogen and oxygen atoms in total. The number of alkyl halides is 2. The lowest BCUT2D eigenvalue weighted by molar-refractivity contribution is 0.150. The van der Waals surface area contributed by atoms with E-state index in [1.54, 1.807) is 12.1 Å². The lowest BCUT2D eigenvalue weighted by Gasteiger charge is -2.08. The van der Waals surface area contributed by atoms with Gasteiger partial charge in [0.2, 0.25) is 0 Å². The Labute approximate surface area is 89.5 Å². The van der Waals surface area contributed by atoms with Crippen LogP contribution in [-0.4, -0.2) is 0 Å². The Morgan fingerprint density at radius 2 is 2.14 bits per heavy atom. The van der Waals surface area contributed by atoms with E-state index in [0.717, 1.165) is 0 Å². The number of nitrogens with zero attached hydrogens (tertiary/aromatic N) is 1. The van der Waals surface area contributed by atoms with Crippen LogP contribution < -0.4 is 0 Å². The third kappa shape index (κ3) is 2.52. The van der Waals surface area contributed by atoms with Crippen LogP contribution in [0.5, 0.6) is 0 Å². The highest BCUT2D eigenvalue weighted by Gasteiger charge is 2.14. The number of hydrogen-bond donors (Lipinski definition) is 0. The number of rotatable bonds is 3. The average molecular weight is 260 g/mol. The fourth-order valence-corrected chi connectivity index (χ4v) is 1.80. The highest BCUT2D eigenvalue weighted by molar-refractivity contribution is 9.10. The van der Waals surface area contributed by atoms with E-state index in [2.05, 4.69) is 15.9 Å². The van der Waals surface area contributed by atoms with Crippen molar-refractivity contribution in [2.24, 2.45) is 0 Å². The van der Waals surface area contributed by atoms with Gasteiger partial charge in [0, 0.05) is 16.5 Å². The molecular weight excluding hydrogens is 252 g/mol. The Morgan fingerprint density at radius 3 is 2.71 bits per heavy atom. The van der Waals surface area contributed by atoms with Crippen molar-refractivity contribution < 1.29 is 8.78 Å². The molecule has 0 unspecified atom stereocenters. The summed E-state index contributed by atoms with van der Waals surface area (Å²) in [4.78, 5) is 0. The molecule has 0 bridgehead atoms. The standard InChI is InChI=1S/C10H8BrF2N/c11-9-5-1-3-8(10(12)13)7(9)4-2-6-14/h1,3,5,10H,2,4H2. The van der Waals surface area contributed by atoms with Crippen molar-refractivity contribution in [1.82, 2.24) is 0 Å². The third-order valence-electron chi connectivity index (χ3n) is 1.88. The summed E-state index contributed by atoms with van der Waals surface area (Å²) in [5.74, 6) is 0. The Kier molecular flexibility index (Phi) is 4.02. The van der Waals surface area contributed by atoms with Gasteiger partial charge in [0.15, 0.2) is 0 Å². The van der Waals surface area contributed by atoms with Crippen molar-refractivity contribution in [3.63, 3.8) is 0 Å². The van der Waals surface area contributed by atoms with Gasteiger partial charge in [0.1, 0.15) is 0 Å². The quantitative estimate of drug-likeness (QED) is 0.809. The van der Waals surface area contributed by atoms with Crippen molar-refractivity contribution in [1.29, 1.82) is 5.26 Å². The van der Waals surface area contributed by atoms with E-state index < -0.39 is 6.43 Å². The Hall–Kier alpha value is -0.950. The zero-order valence-corrected chi connectivity index (χ0v) is 8.89.